The zero-order valence-electron chi connectivity index (χ0n) is 12.7. The zero-order chi connectivity index (χ0) is 14.9. The summed E-state index contributed by atoms with van der Waals surface area (Å²) < 4.78 is 1.02. The Morgan fingerprint density at radius 2 is 1.85 bits per heavy atom. The third-order valence-electron chi connectivity index (χ3n) is 2.79. The molecule has 2 heterocycles. The number of anilines is 1. The third-order valence-corrected chi connectivity index (χ3v) is 4.94. The molecule has 0 unspecified atom stereocenters. The number of hydrogen-bond acceptors (Lipinski definition) is 6. The first-order chi connectivity index (χ1) is 9.31. The van der Waals surface area contributed by atoms with E-state index in [1.54, 1.807) is 23.1 Å². The maximum Gasteiger partial charge on any atom is 0.156 e. The van der Waals surface area contributed by atoms with Gasteiger partial charge in [0, 0.05) is 29.1 Å². The maximum absolute atomic E-state index is 4.74. The predicted octanol–water partition coefficient (Wildman–Crippen LogP) is 4.04. The van der Waals surface area contributed by atoms with Crippen molar-refractivity contribution in [3.05, 3.63) is 22.5 Å². The first-order valence-corrected chi connectivity index (χ1v) is 8.17. The van der Waals surface area contributed by atoms with Crippen molar-refractivity contribution in [3.63, 3.8) is 0 Å². The molecule has 6 heteroatoms. The van der Waals surface area contributed by atoms with Gasteiger partial charge in [-0.15, -0.1) is 11.3 Å². The van der Waals surface area contributed by atoms with Crippen LogP contribution in [0.15, 0.2) is 14.7 Å². The summed E-state index contributed by atoms with van der Waals surface area (Å²) in [6, 6.07) is 0. The lowest BCUT2D eigenvalue weighted by molar-refractivity contribution is 0.538. The van der Waals surface area contributed by atoms with Crippen LogP contribution in [-0.2, 0) is 5.41 Å². The largest absolute Gasteiger partial charge is 0.373 e. The van der Waals surface area contributed by atoms with E-state index in [-0.39, 0.29) is 5.41 Å². The molecule has 2 aromatic rings. The number of hydrogen-bond donors (Lipinski definition) is 1. The highest BCUT2D eigenvalue weighted by molar-refractivity contribution is 8.01. The zero-order valence-corrected chi connectivity index (χ0v) is 14.4. The van der Waals surface area contributed by atoms with E-state index in [9.17, 15) is 0 Å². The summed E-state index contributed by atoms with van der Waals surface area (Å²) in [6.45, 7) is 10.4. The second kappa shape index (κ2) is 5.69. The third kappa shape index (κ3) is 3.30. The van der Waals surface area contributed by atoms with Gasteiger partial charge in [0.05, 0.1) is 0 Å². The second-order valence-electron chi connectivity index (χ2n) is 5.68. The fourth-order valence-corrected chi connectivity index (χ4v) is 3.47. The number of aromatic nitrogens is 3. The summed E-state index contributed by atoms with van der Waals surface area (Å²) >= 11 is 3.26. The standard InChI is InChI=1S/C14H20N4S2/c1-8-7-19-13(16-8)20-11-9(2)10(15-6)17-12(18-11)14(3,4)5/h7H,1-6H3,(H,15,17,18). The first kappa shape index (κ1) is 15.3. The Bertz CT molecular complexity index is 614. The smallest absolute Gasteiger partial charge is 0.156 e. The van der Waals surface area contributed by atoms with Crippen molar-refractivity contribution in [1.82, 2.24) is 15.0 Å². The van der Waals surface area contributed by atoms with Gasteiger partial charge < -0.3 is 5.32 Å². The molecule has 0 bridgehead atoms. The van der Waals surface area contributed by atoms with Crippen LogP contribution in [0.3, 0.4) is 0 Å². The Hall–Kier alpha value is -1.14. The fraction of sp³-hybridized carbons (Fsp3) is 0.500. The van der Waals surface area contributed by atoms with Crippen LogP contribution >= 0.6 is 23.1 Å². The van der Waals surface area contributed by atoms with E-state index < -0.39 is 0 Å². The van der Waals surface area contributed by atoms with Gasteiger partial charge in [0.1, 0.15) is 16.7 Å². The summed E-state index contributed by atoms with van der Waals surface area (Å²) in [5.74, 6) is 1.74. The van der Waals surface area contributed by atoms with Gasteiger partial charge in [-0.2, -0.15) is 0 Å². The van der Waals surface area contributed by atoms with Crippen LogP contribution in [0.5, 0.6) is 0 Å². The highest BCUT2D eigenvalue weighted by Crippen LogP contribution is 2.34. The van der Waals surface area contributed by atoms with Gasteiger partial charge in [0.2, 0.25) is 0 Å². The van der Waals surface area contributed by atoms with Gasteiger partial charge >= 0.3 is 0 Å². The molecule has 0 amide bonds. The van der Waals surface area contributed by atoms with Gasteiger partial charge in [-0.05, 0) is 25.6 Å². The summed E-state index contributed by atoms with van der Waals surface area (Å²) in [7, 11) is 1.89. The van der Waals surface area contributed by atoms with Crippen LogP contribution in [0.25, 0.3) is 0 Å². The molecule has 0 saturated carbocycles. The van der Waals surface area contributed by atoms with Crippen LogP contribution in [0, 0.1) is 13.8 Å². The number of thiazole rings is 1. The molecule has 0 atom stereocenters. The van der Waals surface area contributed by atoms with Crippen molar-refractivity contribution >= 4 is 28.9 Å². The number of nitrogens with zero attached hydrogens (tertiary/aromatic N) is 3. The van der Waals surface area contributed by atoms with E-state index in [1.165, 1.54) is 0 Å². The minimum Gasteiger partial charge on any atom is -0.373 e. The van der Waals surface area contributed by atoms with Crippen molar-refractivity contribution in [2.75, 3.05) is 12.4 Å². The molecule has 0 spiro atoms. The topological polar surface area (TPSA) is 50.7 Å². The molecule has 20 heavy (non-hydrogen) atoms. The lowest BCUT2D eigenvalue weighted by atomic mass is 9.95. The van der Waals surface area contributed by atoms with Gasteiger partial charge in [0.15, 0.2) is 4.34 Å². The van der Waals surface area contributed by atoms with E-state index in [0.717, 1.165) is 32.3 Å². The quantitative estimate of drug-likeness (QED) is 0.867. The van der Waals surface area contributed by atoms with Gasteiger partial charge in [-0.1, -0.05) is 20.8 Å². The normalized spacial score (nSPS) is 11.7. The molecular weight excluding hydrogens is 288 g/mol. The Balaban J connectivity index is 2.45. The van der Waals surface area contributed by atoms with Gasteiger partial charge in [0.25, 0.3) is 0 Å². The van der Waals surface area contributed by atoms with Crippen LogP contribution in [0.2, 0.25) is 0 Å². The van der Waals surface area contributed by atoms with Crippen molar-refractivity contribution in [2.24, 2.45) is 0 Å². The van der Waals surface area contributed by atoms with E-state index in [0.29, 0.717) is 0 Å². The molecule has 0 fully saturated rings. The van der Waals surface area contributed by atoms with E-state index >= 15 is 0 Å². The van der Waals surface area contributed by atoms with Gasteiger partial charge in [-0.25, -0.2) is 15.0 Å². The van der Waals surface area contributed by atoms with Crippen LogP contribution in [0.4, 0.5) is 5.82 Å². The molecule has 0 aromatic carbocycles. The molecule has 0 aliphatic carbocycles. The van der Waals surface area contributed by atoms with Crippen LogP contribution in [-0.4, -0.2) is 22.0 Å². The molecule has 0 radical (unpaired) electrons. The molecule has 1 N–H and O–H groups in total. The minimum absolute atomic E-state index is 0.0760. The van der Waals surface area contributed by atoms with E-state index in [2.05, 4.69) is 41.4 Å². The van der Waals surface area contributed by atoms with Gasteiger partial charge in [-0.3, -0.25) is 0 Å². The summed E-state index contributed by atoms with van der Waals surface area (Å²) in [4.78, 5) is 13.8. The van der Waals surface area contributed by atoms with Crippen LogP contribution in [0.1, 0.15) is 37.9 Å². The van der Waals surface area contributed by atoms with Crippen molar-refractivity contribution in [1.29, 1.82) is 0 Å². The fourth-order valence-electron chi connectivity index (χ4n) is 1.64. The minimum atomic E-state index is -0.0760. The van der Waals surface area contributed by atoms with E-state index in [1.807, 2.05) is 20.9 Å². The Kier molecular flexibility index (Phi) is 4.34. The summed E-state index contributed by atoms with van der Waals surface area (Å²) in [5, 5.41) is 6.19. The average molecular weight is 308 g/mol. The van der Waals surface area contributed by atoms with Crippen molar-refractivity contribution in [2.45, 2.75) is 49.4 Å². The molecule has 0 saturated heterocycles. The number of nitrogens with one attached hydrogen (secondary N) is 1. The summed E-state index contributed by atoms with van der Waals surface area (Å²) in [6.07, 6.45) is 0. The lowest BCUT2D eigenvalue weighted by Gasteiger charge is -2.19. The number of rotatable bonds is 3. The van der Waals surface area contributed by atoms with Crippen molar-refractivity contribution in [3.8, 4) is 0 Å². The average Bonchev–Trinajstić information content (AvgIpc) is 2.76. The molecule has 108 valence electrons. The molecule has 0 aliphatic rings. The Morgan fingerprint density at radius 1 is 1.15 bits per heavy atom. The monoisotopic (exact) mass is 308 g/mol. The molecule has 2 aromatic heterocycles. The lowest BCUT2D eigenvalue weighted by Crippen LogP contribution is -2.18. The SMILES string of the molecule is CNc1nc(C(C)(C)C)nc(Sc2nc(C)cs2)c1C. The van der Waals surface area contributed by atoms with E-state index in [4.69, 9.17) is 4.98 Å². The highest BCUT2D eigenvalue weighted by atomic mass is 32.2. The molecule has 2 rings (SSSR count). The molecule has 4 nitrogen and oxygen atoms in total. The second-order valence-corrected chi connectivity index (χ2v) is 7.78. The Morgan fingerprint density at radius 3 is 2.35 bits per heavy atom. The number of aryl methyl sites for hydroxylation is 1. The highest BCUT2D eigenvalue weighted by Gasteiger charge is 2.21. The predicted molar refractivity (Wildman–Crippen MR) is 86.0 cm³/mol. The van der Waals surface area contributed by atoms with Crippen molar-refractivity contribution < 1.29 is 0 Å². The maximum atomic E-state index is 4.74. The molecular formula is C14H20N4S2. The molecule has 0 aliphatic heterocycles. The van der Waals surface area contributed by atoms with Crippen LogP contribution < -0.4 is 5.32 Å². The Labute approximate surface area is 128 Å². The summed E-state index contributed by atoms with van der Waals surface area (Å²) in [5.41, 5.74) is 2.04. The first-order valence-electron chi connectivity index (χ1n) is 6.48.